The Kier molecular flexibility index (Phi) is 7.81. The molecule has 0 saturated carbocycles. The number of hydrogen-bond acceptors (Lipinski definition) is 10. The van der Waals surface area contributed by atoms with Gasteiger partial charge in [0.25, 0.3) is 5.78 Å². The van der Waals surface area contributed by atoms with Gasteiger partial charge in [0.2, 0.25) is 0 Å². The zero-order valence-electron chi connectivity index (χ0n) is 23.9. The molecule has 0 unspecified atom stereocenters. The standard InChI is InChI=1S/C32H30N2O8S/c1-4-5-12-40-22-10-6-18(15-24(22)39-3)28-27(29(35)19-7-11-23-25(16-19)42-14-13-41-23)30(36)31(37)34(28)32-33-21-9-8-20(38-2)17-26(21)43-32/h6-11,15-17,28,35H,4-5,12-14H2,1-3H3/t28-/m1/s1. The van der Waals surface area contributed by atoms with Gasteiger partial charge in [0.1, 0.15) is 24.7 Å². The topological polar surface area (TPSA) is 117 Å². The molecule has 43 heavy (non-hydrogen) atoms. The van der Waals surface area contributed by atoms with E-state index in [9.17, 15) is 14.7 Å². The van der Waals surface area contributed by atoms with Crippen LogP contribution in [0.4, 0.5) is 5.13 Å². The zero-order chi connectivity index (χ0) is 30.1. The molecule has 0 radical (unpaired) electrons. The van der Waals surface area contributed by atoms with E-state index in [0.717, 1.165) is 17.5 Å². The minimum absolute atomic E-state index is 0.0831. The van der Waals surface area contributed by atoms with Crippen LogP contribution in [-0.2, 0) is 9.59 Å². The number of benzene rings is 3. The van der Waals surface area contributed by atoms with Gasteiger partial charge in [0.15, 0.2) is 28.1 Å². The van der Waals surface area contributed by atoms with Crippen molar-refractivity contribution >= 4 is 44.1 Å². The van der Waals surface area contributed by atoms with E-state index in [4.69, 9.17) is 23.7 Å². The second-order valence-electron chi connectivity index (χ2n) is 9.97. The van der Waals surface area contributed by atoms with Crippen LogP contribution in [0.1, 0.15) is 36.9 Å². The van der Waals surface area contributed by atoms with E-state index in [1.165, 1.54) is 23.3 Å². The third kappa shape index (κ3) is 5.20. The van der Waals surface area contributed by atoms with Crippen LogP contribution in [0.25, 0.3) is 16.0 Å². The number of thiazole rings is 1. The number of nitrogens with zero attached hydrogens (tertiary/aromatic N) is 2. The van der Waals surface area contributed by atoms with Crippen LogP contribution in [0.15, 0.2) is 60.2 Å². The number of amides is 1. The van der Waals surface area contributed by atoms with Gasteiger partial charge in [-0.15, -0.1) is 0 Å². The minimum Gasteiger partial charge on any atom is -0.507 e. The Morgan fingerprint density at radius 2 is 1.81 bits per heavy atom. The number of hydrogen-bond donors (Lipinski definition) is 1. The first-order chi connectivity index (χ1) is 20.9. The molecule has 1 atom stereocenters. The molecule has 0 aliphatic carbocycles. The summed E-state index contributed by atoms with van der Waals surface area (Å²) in [6, 6.07) is 14.5. The molecule has 3 aromatic carbocycles. The summed E-state index contributed by atoms with van der Waals surface area (Å²) >= 11 is 1.25. The molecule has 10 nitrogen and oxygen atoms in total. The SMILES string of the molecule is CCCCOc1ccc([C@@H]2C(=C(O)c3ccc4c(c3)OCCO4)C(=O)C(=O)N2c2nc3ccc(OC)cc3s2)cc1OC. The van der Waals surface area contributed by atoms with Gasteiger partial charge < -0.3 is 28.8 Å². The molecule has 1 fully saturated rings. The van der Waals surface area contributed by atoms with Crippen molar-refractivity contribution in [1.29, 1.82) is 0 Å². The molecular formula is C32H30N2O8S. The minimum atomic E-state index is -1.01. The zero-order valence-corrected chi connectivity index (χ0v) is 24.7. The van der Waals surface area contributed by atoms with E-state index in [-0.39, 0.29) is 11.3 Å². The second kappa shape index (κ2) is 11.8. The summed E-state index contributed by atoms with van der Waals surface area (Å²) in [7, 11) is 3.10. The van der Waals surface area contributed by atoms with Crippen molar-refractivity contribution < 1.29 is 38.4 Å². The number of aromatic nitrogens is 1. The maximum absolute atomic E-state index is 13.7. The lowest BCUT2D eigenvalue weighted by Crippen LogP contribution is -2.29. The quantitative estimate of drug-likeness (QED) is 0.108. The van der Waals surface area contributed by atoms with E-state index < -0.39 is 17.7 Å². The normalized spacial score (nSPS) is 17.4. The molecule has 1 N–H and O–H groups in total. The molecule has 0 spiro atoms. The lowest BCUT2D eigenvalue weighted by Gasteiger charge is -2.24. The molecule has 222 valence electrons. The fourth-order valence-electron chi connectivity index (χ4n) is 5.11. The number of ketones is 1. The lowest BCUT2D eigenvalue weighted by atomic mass is 9.95. The first-order valence-electron chi connectivity index (χ1n) is 13.9. The molecule has 2 aliphatic rings. The Labute approximate surface area is 252 Å². The van der Waals surface area contributed by atoms with Crippen molar-refractivity contribution in [3.63, 3.8) is 0 Å². The highest BCUT2D eigenvalue weighted by molar-refractivity contribution is 7.22. The van der Waals surface area contributed by atoms with Gasteiger partial charge in [0.05, 0.1) is 42.7 Å². The Balaban J connectivity index is 1.51. The van der Waals surface area contributed by atoms with Gasteiger partial charge in [0, 0.05) is 5.56 Å². The van der Waals surface area contributed by atoms with Gasteiger partial charge in [-0.2, -0.15) is 0 Å². The number of unbranched alkanes of at least 4 members (excludes halogenated alkanes) is 1. The molecule has 6 rings (SSSR count). The van der Waals surface area contributed by atoms with Gasteiger partial charge in [-0.25, -0.2) is 4.98 Å². The van der Waals surface area contributed by atoms with Crippen molar-refractivity contribution in [2.45, 2.75) is 25.8 Å². The van der Waals surface area contributed by atoms with E-state index in [1.54, 1.807) is 55.6 Å². The third-order valence-corrected chi connectivity index (χ3v) is 8.33. The summed E-state index contributed by atoms with van der Waals surface area (Å²) in [6.45, 7) is 3.37. The molecule has 2 aliphatic heterocycles. The van der Waals surface area contributed by atoms with Crippen molar-refractivity contribution in [2.24, 2.45) is 0 Å². The predicted octanol–water partition coefficient (Wildman–Crippen LogP) is 5.89. The summed E-state index contributed by atoms with van der Waals surface area (Å²) in [6.07, 6.45) is 1.85. The van der Waals surface area contributed by atoms with Crippen LogP contribution < -0.4 is 28.6 Å². The number of Topliss-reactive ketones (excluding diaryl/α,β-unsaturated/α-hetero) is 1. The maximum Gasteiger partial charge on any atom is 0.301 e. The smallest absolute Gasteiger partial charge is 0.301 e. The molecule has 4 aromatic rings. The summed E-state index contributed by atoms with van der Waals surface area (Å²) in [5.41, 5.74) is 1.41. The number of rotatable bonds is 9. The van der Waals surface area contributed by atoms with Crippen LogP contribution >= 0.6 is 11.3 Å². The first kappa shape index (κ1) is 28.4. The molecular weight excluding hydrogens is 572 g/mol. The Hall–Kier alpha value is -4.77. The van der Waals surface area contributed by atoms with E-state index in [0.29, 0.717) is 70.3 Å². The second-order valence-corrected chi connectivity index (χ2v) is 11.0. The Bertz CT molecular complexity index is 1750. The average molecular weight is 603 g/mol. The van der Waals surface area contributed by atoms with Gasteiger partial charge in [-0.3, -0.25) is 14.5 Å². The van der Waals surface area contributed by atoms with Crippen molar-refractivity contribution in [3.8, 4) is 28.7 Å². The molecule has 1 aromatic heterocycles. The van der Waals surface area contributed by atoms with E-state index >= 15 is 0 Å². The summed E-state index contributed by atoms with van der Waals surface area (Å²) in [5.74, 6) is 0.609. The highest BCUT2D eigenvalue weighted by Gasteiger charge is 2.48. The van der Waals surface area contributed by atoms with Crippen LogP contribution in [0.2, 0.25) is 0 Å². The maximum atomic E-state index is 13.7. The van der Waals surface area contributed by atoms with Gasteiger partial charge in [-0.1, -0.05) is 30.7 Å². The number of carbonyl (C=O) groups is 2. The lowest BCUT2D eigenvalue weighted by molar-refractivity contribution is -0.132. The summed E-state index contributed by atoms with van der Waals surface area (Å²) < 4.78 is 29.0. The van der Waals surface area contributed by atoms with Gasteiger partial charge >= 0.3 is 5.91 Å². The summed E-state index contributed by atoms with van der Waals surface area (Å²) in [5, 5.41) is 11.9. The highest BCUT2D eigenvalue weighted by atomic mass is 32.1. The summed E-state index contributed by atoms with van der Waals surface area (Å²) in [4.78, 5) is 33.5. The number of carbonyl (C=O) groups excluding carboxylic acids is 2. The van der Waals surface area contributed by atoms with Crippen molar-refractivity contribution in [3.05, 3.63) is 71.3 Å². The van der Waals surface area contributed by atoms with E-state index in [1.807, 2.05) is 6.07 Å². The Morgan fingerprint density at radius 3 is 2.58 bits per heavy atom. The fraction of sp³-hybridized carbons (Fsp3) is 0.281. The molecule has 1 amide bonds. The number of methoxy groups -OCH3 is 2. The molecule has 1 saturated heterocycles. The van der Waals surface area contributed by atoms with Crippen LogP contribution in [0, 0.1) is 0 Å². The monoisotopic (exact) mass is 602 g/mol. The number of ether oxygens (including phenoxy) is 5. The van der Waals surface area contributed by atoms with Crippen LogP contribution in [-0.4, -0.2) is 55.8 Å². The first-order valence-corrected chi connectivity index (χ1v) is 14.7. The van der Waals surface area contributed by atoms with Crippen molar-refractivity contribution in [2.75, 3.05) is 38.9 Å². The third-order valence-electron chi connectivity index (χ3n) is 7.31. The number of aliphatic hydroxyl groups is 1. The number of fused-ring (bicyclic) bond motifs is 2. The highest BCUT2D eigenvalue weighted by Crippen LogP contribution is 2.46. The fourth-order valence-corrected chi connectivity index (χ4v) is 6.13. The van der Waals surface area contributed by atoms with Crippen molar-refractivity contribution in [1.82, 2.24) is 4.98 Å². The van der Waals surface area contributed by atoms with Gasteiger partial charge in [-0.05, 0) is 60.5 Å². The van der Waals surface area contributed by atoms with Crippen LogP contribution in [0.3, 0.4) is 0 Å². The predicted molar refractivity (Wildman–Crippen MR) is 162 cm³/mol. The Morgan fingerprint density at radius 1 is 1.00 bits per heavy atom. The largest absolute Gasteiger partial charge is 0.507 e. The molecule has 11 heteroatoms. The van der Waals surface area contributed by atoms with E-state index in [2.05, 4.69) is 11.9 Å². The van der Waals surface area contributed by atoms with Crippen LogP contribution in [0.5, 0.6) is 28.7 Å². The number of aliphatic hydroxyl groups excluding tert-OH is 1. The molecule has 3 heterocycles. The number of anilines is 1. The molecule has 0 bridgehead atoms. The average Bonchev–Trinajstić information content (AvgIpc) is 3.57.